The minimum Gasteiger partial charge on any atom is -0.269 e. The van der Waals surface area contributed by atoms with Gasteiger partial charge in [-0.1, -0.05) is 0 Å². The molecule has 56 valence electrons. The van der Waals surface area contributed by atoms with Gasteiger partial charge in [-0.25, -0.2) is 0 Å². The molecular weight excluding hydrogens is 177 g/mol. The van der Waals surface area contributed by atoms with Crippen molar-refractivity contribution in [3.8, 4) is 0 Å². The molecule has 0 spiro atoms. The molecule has 0 saturated heterocycles. The molecule has 0 aliphatic rings. The van der Waals surface area contributed by atoms with E-state index in [1.54, 1.807) is 0 Å². The first-order chi connectivity index (χ1) is 3.46. The van der Waals surface area contributed by atoms with Crippen molar-refractivity contribution >= 4 is 16.5 Å². The highest BCUT2D eigenvalue weighted by atomic mass is 31.1. The zero-order chi connectivity index (χ0) is 7.15. The summed E-state index contributed by atoms with van der Waals surface area (Å²) in [7, 11) is -5.74. The van der Waals surface area contributed by atoms with E-state index in [0.717, 1.165) is 0 Å². The van der Waals surface area contributed by atoms with Gasteiger partial charge in [0.2, 0.25) is 0 Å². The average Bonchev–Trinajstić information content (AvgIpc) is 1.25. The Morgan fingerprint density at radius 2 is 0.778 bits per heavy atom. The molecule has 0 aliphatic carbocycles. The quantitative estimate of drug-likeness (QED) is 0.372. The van der Waals surface area contributed by atoms with Gasteiger partial charge >= 0.3 is 16.5 Å². The molecule has 9 heavy (non-hydrogen) atoms. The summed E-state index contributed by atoms with van der Waals surface area (Å²) >= 11 is 0. The maximum Gasteiger partial charge on any atom is 0.692 e. The predicted molar refractivity (Wildman–Crippen MR) is 26.6 cm³/mol. The largest absolute Gasteiger partial charge is 0.692 e. The fourth-order valence-corrected chi connectivity index (χ4v) is 0. The first-order valence-electron chi connectivity index (χ1n) is 1.17. The Labute approximate surface area is 51.0 Å². The van der Waals surface area contributed by atoms with E-state index in [0.29, 0.717) is 0 Å². The molecule has 0 aromatic carbocycles. The summed E-state index contributed by atoms with van der Waals surface area (Å²) < 4.78 is 17.4. The maximum atomic E-state index is 8.70. The third kappa shape index (κ3) is 316000. The second-order valence-corrected chi connectivity index (χ2v) is 1.52. The van der Waals surface area contributed by atoms with E-state index in [1.807, 2.05) is 0 Å². The SMILES string of the molecule is F.O=[P+](O)O.O=[P+](O)O. The summed E-state index contributed by atoms with van der Waals surface area (Å²) in [6.45, 7) is 0. The Morgan fingerprint density at radius 1 is 0.778 bits per heavy atom. The van der Waals surface area contributed by atoms with Crippen molar-refractivity contribution in [3.05, 3.63) is 0 Å². The third-order valence-corrected chi connectivity index (χ3v) is 0. The van der Waals surface area contributed by atoms with Crippen LogP contribution in [-0.2, 0) is 9.13 Å². The van der Waals surface area contributed by atoms with Gasteiger partial charge in [-0.15, -0.1) is 19.6 Å². The van der Waals surface area contributed by atoms with Crippen LogP contribution in [0.4, 0.5) is 4.70 Å². The van der Waals surface area contributed by atoms with Crippen LogP contribution in [-0.4, -0.2) is 19.6 Å². The van der Waals surface area contributed by atoms with Crippen molar-refractivity contribution in [2.75, 3.05) is 0 Å². The van der Waals surface area contributed by atoms with Crippen molar-refractivity contribution in [2.24, 2.45) is 0 Å². The molecule has 0 heterocycles. The van der Waals surface area contributed by atoms with Gasteiger partial charge in [0.05, 0.1) is 0 Å². The molecule has 0 rings (SSSR count). The van der Waals surface area contributed by atoms with E-state index in [2.05, 4.69) is 0 Å². The van der Waals surface area contributed by atoms with E-state index < -0.39 is 16.5 Å². The highest BCUT2D eigenvalue weighted by Crippen LogP contribution is 1.98. The standard InChI is InChI=1S/FH.2HO3P/c;2*1-4(2)3/h1H;2*(H-,1,2,3)/p+2. The Balaban J connectivity index is -0.0000000720. The van der Waals surface area contributed by atoms with Crippen LogP contribution in [0.25, 0.3) is 0 Å². The summed E-state index contributed by atoms with van der Waals surface area (Å²) in [5.74, 6) is 0. The summed E-state index contributed by atoms with van der Waals surface area (Å²) in [5.41, 5.74) is 0. The van der Waals surface area contributed by atoms with Crippen LogP contribution in [0.1, 0.15) is 0 Å². The van der Waals surface area contributed by atoms with Crippen LogP contribution in [0, 0.1) is 0 Å². The summed E-state index contributed by atoms with van der Waals surface area (Å²) in [6, 6.07) is 0. The van der Waals surface area contributed by atoms with Gasteiger partial charge in [-0.3, -0.25) is 4.70 Å². The summed E-state index contributed by atoms with van der Waals surface area (Å²) in [4.78, 5) is 28.5. The number of hydrogen-bond donors (Lipinski definition) is 4. The second kappa shape index (κ2) is 10.9. The lowest BCUT2D eigenvalue weighted by molar-refractivity contribution is 0.403. The van der Waals surface area contributed by atoms with E-state index >= 15 is 0 Å². The van der Waals surface area contributed by atoms with E-state index in [9.17, 15) is 0 Å². The molecule has 9 heteroatoms. The van der Waals surface area contributed by atoms with Crippen molar-refractivity contribution in [3.63, 3.8) is 0 Å². The lowest BCUT2D eigenvalue weighted by Gasteiger charge is -1.34. The van der Waals surface area contributed by atoms with Gasteiger partial charge in [0, 0.05) is 9.13 Å². The number of halogens is 1. The minimum atomic E-state index is -2.87. The number of rotatable bonds is 0. The van der Waals surface area contributed by atoms with Gasteiger partial charge in [-0.2, -0.15) is 0 Å². The first-order valence-corrected chi connectivity index (χ1v) is 3.50. The predicted octanol–water partition coefficient (Wildman–Crippen LogP) is -0.591. The molecule has 0 radical (unpaired) electrons. The molecule has 0 unspecified atom stereocenters. The van der Waals surface area contributed by atoms with Gasteiger partial charge < -0.3 is 0 Å². The topological polar surface area (TPSA) is 115 Å². The van der Waals surface area contributed by atoms with Crippen LogP contribution < -0.4 is 0 Å². The van der Waals surface area contributed by atoms with Gasteiger partial charge in [0.25, 0.3) is 0 Å². The molecule has 0 saturated carbocycles. The minimum absolute atomic E-state index is 0. The molecular formula is H5FO6P2+2. The van der Waals surface area contributed by atoms with Crippen molar-refractivity contribution in [1.82, 2.24) is 0 Å². The van der Waals surface area contributed by atoms with E-state index in [4.69, 9.17) is 28.7 Å². The molecule has 0 atom stereocenters. The summed E-state index contributed by atoms with van der Waals surface area (Å²) in [5, 5.41) is 0. The van der Waals surface area contributed by atoms with Crippen LogP contribution >= 0.6 is 16.5 Å². The van der Waals surface area contributed by atoms with Crippen molar-refractivity contribution in [1.29, 1.82) is 0 Å². The smallest absolute Gasteiger partial charge is 0.269 e. The van der Waals surface area contributed by atoms with Crippen LogP contribution in [0.2, 0.25) is 0 Å². The fourth-order valence-electron chi connectivity index (χ4n) is 0. The monoisotopic (exact) mass is 182 g/mol. The first kappa shape index (κ1) is 16.0. The van der Waals surface area contributed by atoms with Crippen LogP contribution in [0.3, 0.4) is 0 Å². The van der Waals surface area contributed by atoms with Gasteiger partial charge in [0.15, 0.2) is 0 Å². The molecule has 6 nitrogen and oxygen atoms in total. The zero-order valence-corrected chi connectivity index (χ0v) is 5.70. The van der Waals surface area contributed by atoms with Crippen molar-refractivity contribution < 1.29 is 33.4 Å². The lowest BCUT2D eigenvalue weighted by atomic mass is 15.8. The molecule has 0 aromatic heterocycles. The second-order valence-electron chi connectivity index (χ2n) is 0.505. The lowest BCUT2D eigenvalue weighted by Crippen LogP contribution is -1.38. The molecule has 0 aliphatic heterocycles. The molecule has 0 bridgehead atoms. The number of hydrogen-bond acceptors (Lipinski definition) is 2. The summed E-state index contributed by atoms with van der Waals surface area (Å²) in [6.07, 6.45) is 0. The van der Waals surface area contributed by atoms with E-state index in [1.165, 1.54) is 0 Å². The Hall–Kier alpha value is -0.0300. The molecule has 0 aromatic rings. The molecule has 0 amide bonds. The molecule has 0 fully saturated rings. The van der Waals surface area contributed by atoms with E-state index in [-0.39, 0.29) is 4.70 Å². The Kier molecular flexibility index (Phi) is 19.3. The third-order valence-electron chi connectivity index (χ3n) is 0. The van der Waals surface area contributed by atoms with Gasteiger partial charge in [0.1, 0.15) is 0 Å². The van der Waals surface area contributed by atoms with Crippen LogP contribution in [0.5, 0.6) is 0 Å². The average molecular weight is 182 g/mol. The fraction of sp³-hybridized carbons (Fsp3) is 0. The maximum absolute atomic E-state index is 8.70. The zero-order valence-electron chi connectivity index (χ0n) is 3.91. The molecule has 4 N–H and O–H groups in total. The Morgan fingerprint density at radius 3 is 0.778 bits per heavy atom. The van der Waals surface area contributed by atoms with Gasteiger partial charge in [-0.05, 0) is 0 Å². The van der Waals surface area contributed by atoms with Crippen LogP contribution in [0.15, 0.2) is 0 Å². The normalized spacial score (nSPS) is 5.78. The highest BCUT2D eigenvalue weighted by Gasteiger charge is 1.93. The van der Waals surface area contributed by atoms with Crippen molar-refractivity contribution in [2.45, 2.75) is 0 Å². The Bertz CT molecular complexity index is 69.1. The highest BCUT2D eigenvalue weighted by molar-refractivity contribution is 7.31.